The zero-order valence-corrected chi connectivity index (χ0v) is 18.4. The molecule has 1 aliphatic rings. The lowest BCUT2D eigenvalue weighted by molar-refractivity contribution is -0.137. The summed E-state index contributed by atoms with van der Waals surface area (Å²) in [6.45, 7) is 2.21. The fourth-order valence-corrected chi connectivity index (χ4v) is 4.71. The smallest absolute Gasteiger partial charge is 0.245 e. The van der Waals surface area contributed by atoms with Gasteiger partial charge >= 0.3 is 0 Å². The molecule has 1 atom stereocenters. The molecule has 0 saturated heterocycles. The van der Waals surface area contributed by atoms with Crippen molar-refractivity contribution in [1.82, 2.24) is 14.8 Å². The van der Waals surface area contributed by atoms with Gasteiger partial charge in [0.15, 0.2) is 0 Å². The second kappa shape index (κ2) is 9.38. The number of nitrogens with zero attached hydrogens (tertiary/aromatic N) is 2. The third kappa shape index (κ3) is 4.82. The van der Waals surface area contributed by atoms with Crippen LogP contribution in [0.4, 0.5) is 0 Å². The van der Waals surface area contributed by atoms with Gasteiger partial charge in [0.05, 0.1) is 0 Å². The maximum atomic E-state index is 13.4. The summed E-state index contributed by atoms with van der Waals surface area (Å²) in [5, 5.41) is 4.17. The summed E-state index contributed by atoms with van der Waals surface area (Å²) in [4.78, 5) is 28.3. The molecule has 1 heterocycles. The van der Waals surface area contributed by atoms with Gasteiger partial charge in [-0.15, -0.1) is 0 Å². The van der Waals surface area contributed by atoms with Gasteiger partial charge in [-0.05, 0) is 42.8 Å². The van der Waals surface area contributed by atoms with Crippen LogP contribution in [-0.2, 0) is 22.6 Å². The summed E-state index contributed by atoms with van der Waals surface area (Å²) in [7, 11) is 1.88. The monoisotopic (exact) mass is 417 g/mol. The molecule has 0 spiro atoms. The van der Waals surface area contributed by atoms with Crippen molar-refractivity contribution in [3.63, 3.8) is 0 Å². The van der Waals surface area contributed by atoms with Gasteiger partial charge in [0, 0.05) is 30.7 Å². The maximum absolute atomic E-state index is 13.4. The number of aromatic nitrogens is 1. The van der Waals surface area contributed by atoms with Crippen molar-refractivity contribution in [3.05, 3.63) is 71.9 Å². The van der Waals surface area contributed by atoms with Crippen molar-refractivity contribution in [3.8, 4) is 0 Å². The minimum Gasteiger partial charge on any atom is -0.342 e. The van der Waals surface area contributed by atoms with Gasteiger partial charge in [-0.2, -0.15) is 0 Å². The van der Waals surface area contributed by atoms with Crippen LogP contribution in [0, 0.1) is 6.92 Å². The summed E-state index contributed by atoms with van der Waals surface area (Å²) >= 11 is 0. The number of hydrogen-bond acceptors (Lipinski definition) is 2. The average Bonchev–Trinajstić information content (AvgIpc) is 3.42. The highest BCUT2D eigenvalue weighted by molar-refractivity contribution is 5.89. The summed E-state index contributed by atoms with van der Waals surface area (Å²) in [6.07, 6.45) is 4.91. The van der Waals surface area contributed by atoms with Crippen LogP contribution in [0.5, 0.6) is 0 Å². The summed E-state index contributed by atoms with van der Waals surface area (Å²) in [5.41, 5.74) is 3.11. The van der Waals surface area contributed by atoms with E-state index in [1.807, 2.05) is 72.0 Å². The molecule has 31 heavy (non-hydrogen) atoms. The molecule has 0 aliphatic heterocycles. The fraction of sp³-hybridized carbons (Fsp3) is 0.385. The predicted molar refractivity (Wildman–Crippen MR) is 124 cm³/mol. The number of carbonyl (C=O) groups is 2. The van der Waals surface area contributed by atoms with Gasteiger partial charge in [-0.25, -0.2) is 0 Å². The average molecular weight is 418 g/mol. The summed E-state index contributed by atoms with van der Waals surface area (Å²) in [5.74, 6) is -0.142. The number of benzene rings is 2. The Morgan fingerprint density at radius 2 is 1.74 bits per heavy atom. The van der Waals surface area contributed by atoms with Gasteiger partial charge in [0.2, 0.25) is 11.8 Å². The highest BCUT2D eigenvalue weighted by Crippen LogP contribution is 2.23. The Bertz CT molecular complexity index is 1050. The molecular weight excluding hydrogens is 386 g/mol. The quantitative estimate of drug-likeness (QED) is 0.630. The lowest BCUT2D eigenvalue weighted by Crippen LogP contribution is -2.51. The molecule has 3 aromatic rings. The molecule has 1 aliphatic carbocycles. The first-order valence-electron chi connectivity index (χ1n) is 11.2. The van der Waals surface area contributed by atoms with Crippen molar-refractivity contribution in [2.24, 2.45) is 0 Å². The molecule has 4 rings (SSSR count). The Hall–Kier alpha value is -3.08. The van der Waals surface area contributed by atoms with Crippen molar-refractivity contribution in [2.45, 2.75) is 57.7 Å². The minimum absolute atomic E-state index is 0.00168. The van der Waals surface area contributed by atoms with Crippen LogP contribution in [0.15, 0.2) is 60.7 Å². The zero-order chi connectivity index (χ0) is 21.8. The molecule has 1 saturated carbocycles. The first kappa shape index (κ1) is 21.2. The van der Waals surface area contributed by atoms with Gasteiger partial charge in [0.25, 0.3) is 0 Å². The molecule has 162 valence electrons. The SMILES string of the molecule is Cc1cc2ccccc2n1CC(=O)N[C@@H](Cc1ccccc1)C(=O)N(C)C1CCCC1. The molecular formula is C26H31N3O2. The molecule has 0 radical (unpaired) electrons. The Morgan fingerprint density at radius 3 is 2.48 bits per heavy atom. The van der Waals surface area contributed by atoms with E-state index in [1.54, 1.807) is 0 Å². The normalized spacial score (nSPS) is 15.2. The molecule has 0 unspecified atom stereocenters. The molecule has 5 nitrogen and oxygen atoms in total. The van der Waals surface area contributed by atoms with E-state index in [2.05, 4.69) is 17.4 Å². The van der Waals surface area contributed by atoms with Crippen LogP contribution in [-0.4, -0.2) is 40.4 Å². The van der Waals surface area contributed by atoms with Gasteiger partial charge in [-0.3, -0.25) is 9.59 Å². The van der Waals surface area contributed by atoms with Gasteiger partial charge < -0.3 is 14.8 Å². The van der Waals surface area contributed by atoms with E-state index in [0.717, 1.165) is 47.8 Å². The Labute approximate surface area is 184 Å². The summed E-state index contributed by atoms with van der Waals surface area (Å²) in [6, 6.07) is 19.8. The third-order valence-electron chi connectivity index (χ3n) is 6.46. The van der Waals surface area contributed by atoms with Crippen LogP contribution in [0.3, 0.4) is 0 Å². The topological polar surface area (TPSA) is 54.3 Å². The van der Waals surface area contributed by atoms with Crippen LogP contribution in [0.1, 0.15) is 36.9 Å². The number of para-hydroxylation sites is 1. The van der Waals surface area contributed by atoms with Crippen molar-refractivity contribution in [2.75, 3.05) is 7.05 Å². The number of hydrogen-bond donors (Lipinski definition) is 1. The van der Waals surface area contributed by atoms with Crippen molar-refractivity contribution < 1.29 is 9.59 Å². The minimum atomic E-state index is -0.567. The van der Waals surface area contributed by atoms with E-state index in [0.29, 0.717) is 6.42 Å². The first-order valence-corrected chi connectivity index (χ1v) is 11.2. The largest absolute Gasteiger partial charge is 0.342 e. The molecule has 2 amide bonds. The molecule has 1 N–H and O–H groups in total. The van der Waals surface area contributed by atoms with E-state index >= 15 is 0 Å². The highest BCUT2D eigenvalue weighted by atomic mass is 16.2. The molecule has 1 fully saturated rings. The summed E-state index contributed by atoms with van der Waals surface area (Å²) < 4.78 is 2.01. The van der Waals surface area contributed by atoms with Crippen molar-refractivity contribution in [1.29, 1.82) is 0 Å². The second-order valence-electron chi connectivity index (χ2n) is 8.63. The molecule has 1 aromatic heterocycles. The first-order chi connectivity index (χ1) is 15.0. The third-order valence-corrected chi connectivity index (χ3v) is 6.46. The Morgan fingerprint density at radius 1 is 1.06 bits per heavy atom. The van der Waals surface area contributed by atoms with Crippen molar-refractivity contribution >= 4 is 22.7 Å². The Balaban J connectivity index is 1.52. The predicted octanol–water partition coefficient (Wildman–Crippen LogP) is 4.08. The number of likely N-dealkylation sites (N-methyl/N-ethyl adjacent to an activating group) is 1. The van der Waals surface area contributed by atoms with Crippen LogP contribution >= 0.6 is 0 Å². The number of nitrogens with one attached hydrogen (secondary N) is 1. The molecule has 5 heteroatoms. The number of fused-ring (bicyclic) bond motifs is 1. The van der Waals surface area contributed by atoms with Gasteiger partial charge in [-0.1, -0.05) is 61.4 Å². The zero-order valence-electron chi connectivity index (χ0n) is 18.4. The standard InChI is InChI=1S/C26H31N3O2/c1-19-16-21-12-6-9-15-24(21)29(19)18-25(30)27-23(17-20-10-4-3-5-11-20)26(31)28(2)22-13-7-8-14-22/h3-6,9-12,15-16,22-23H,7-8,13-14,17-18H2,1-2H3,(H,27,30)/t23-/m0/s1. The molecule has 2 aromatic carbocycles. The number of rotatable bonds is 7. The van der Waals surface area contributed by atoms with E-state index < -0.39 is 6.04 Å². The number of amides is 2. The second-order valence-corrected chi connectivity index (χ2v) is 8.63. The van der Waals surface area contributed by atoms with Crippen LogP contribution in [0.25, 0.3) is 10.9 Å². The lowest BCUT2D eigenvalue weighted by Gasteiger charge is -2.29. The van der Waals surface area contributed by atoms with E-state index in [4.69, 9.17) is 0 Å². The fourth-order valence-electron chi connectivity index (χ4n) is 4.71. The molecule has 0 bridgehead atoms. The number of carbonyl (C=O) groups excluding carboxylic acids is 2. The van der Waals surface area contributed by atoms with Crippen LogP contribution in [0.2, 0.25) is 0 Å². The van der Waals surface area contributed by atoms with E-state index in [1.165, 1.54) is 0 Å². The number of aryl methyl sites for hydroxylation is 1. The van der Waals surface area contributed by atoms with Crippen LogP contribution < -0.4 is 5.32 Å². The maximum Gasteiger partial charge on any atom is 0.245 e. The van der Waals surface area contributed by atoms with E-state index in [-0.39, 0.29) is 24.4 Å². The Kier molecular flexibility index (Phi) is 6.40. The van der Waals surface area contributed by atoms with Gasteiger partial charge in [0.1, 0.15) is 12.6 Å². The highest BCUT2D eigenvalue weighted by Gasteiger charge is 2.30. The lowest BCUT2D eigenvalue weighted by atomic mass is 10.0. The van der Waals surface area contributed by atoms with E-state index in [9.17, 15) is 9.59 Å².